The number of hydrogen-bond donors (Lipinski definition) is 0. The lowest BCUT2D eigenvalue weighted by Gasteiger charge is -2.22. The van der Waals surface area contributed by atoms with Crippen LogP contribution in [0.3, 0.4) is 0 Å². The van der Waals surface area contributed by atoms with E-state index in [-0.39, 0.29) is 5.41 Å². The van der Waals surface area contributed by atoms with Crippen molar-refractivity contribution in [2.75, 3.05) is 0 Å². The fourth-order valence-corrected chi connectivity index (χ4v) is 3.05. The molecule has 0 amide bonds. The number of rotatable bonds is 4. The Morgan fingerprint density at radius 3 is 2.75 bits per heavy atom. The van der Waals surface area contributed by atoms with E-state index in [1.807, 2.05) is 0 Å². The van der Waals surface area contributed by atoms with Crippen LogP contribution in [0, 0.1) is 0 Å². The summed E-state index contributed by atoms with van der Waals surface area (Å²) < 4.78 is 5.97. The zero-order valence-corrected chi connectivity index (χ0v) is 11.1. The number of benzene rings is 1. The maximum atomic E-state index is 4.66. The summed E-state index contributed by atoms with van der Waals surface area (Å²) >= 11 is 1.62. The highest BCUT2D eigenvalue weighted by Gasteiger charge is 2.24. The molecule has 0 atom stereocenters. The maximum absolute atomic E-state index is 4.66. The summed E-state index contributed by atoms with van der Waals surface area (Å²) in [6.07, 6.45) is 3.75. The van der Waals surface area contributed by atoms with Crippen molar-refractivity contribution < 1.29 is 0 Å². The van der Waals surface area contributed by atoms with Crippen LogP contribution in [0.2, 0.25) is 0 Å². The Kier molecular flexibility index (Phi) is 3.29. The average molecular weight is 233 g/mol. The highest BCUT2D eigenvalue weighted by molar-refractivity contribution is 7.13. The monoisotopic (exact) mass is 233 g/mol. The van der Waals surface area contributed by atoms with E-state index in [0.29, 0.717) is 0 Å². The number of fused-ring (bicyclic) bond motifs is 1. The molecule has 0 saturated heterocycles. The van der Waals surface area contributed by atoms with Gasteiger partial charge < -0.3 is 0 Å². The molecule has 0 N–H and O–H groups in total. The fraction of sp³-hybridized carbons (Fsp3) is 0.500. The van der Waals surface area contributed by atoms with Gasteiger partial charge in [-0.05, 0) is 24.0 Å². The molecule has 2 rings (SSSR count). The third kappa shape index (κ3) is 2.12. The van der Waals surface area contributed by atoms with E-state index < -0.39 is 0 Å². The Hall–Kier alpha value is -0.890. The minimum absolute atomic E-state index is 0.204. The van der Waals surface area contributed by atoms with Crippen LogP contribution in [0.4, 0.5) is 0 Å². The molecule has 2 aromatic rings. The van der Waals surface area contributed by atoms with Crippen molar-refractivity contribution in [2.45, 2.75) is 45.4 Å². The standard InChI is InChI=1S/C14H19NS/c1-4-5-10-14(2,3)13-11-8-6-7-9-12(11)16-15-13/h6-9H,4-5,10H2,1-3H3. The first-order valence-electron chi connectivity index (χ1n) is 6.00. The molecule has 0 saturated carbocycles. The van der Waals surface area contributed by atoms with Gasteiger partial charge in [-0.3, -0.25) is 0 Å². The lowest BCUT2D eigenvalue weighted by Crippen LogP contribution is -2.17. The molecule has 1 heterocycles. The van der Waals surface area contributed by atoms with E-state index >= 15 is 0 Å². The van der Waals surface area contributed by atoms with Crippen molar-refractivity contribution in [1.82, 2.24) is 4.37 Å². The minimum Gasteiger partial charge on any atom is -0.196 e. The Morgan fingerprint density at radius 1 is 1.25 bits per heavy atom. The summed E-state index contributed by atoms with van der Waals surface area (Å²) in [4.78, 5) is 0. The van der Waals surface area contributed by atoms with Crippen molar-refractivity contribution in [3.8, 4) is 0 Å². The summed E-state index contributed by atoms with van der Waals surface area (Å²) in [7, 11) is 0. The van der Waals surface area contributed by atoms with E-state index in [9.17, 15) is 0 Å². The molecule has 1 aromatic heterocycles. The molecule has 0 unspecified atom stereocenters. The molecule has 0 fully saturated rings. The average Bonchev–Trinajstić information content (AvgIpc) is 2.71. The second-order valence-corrected chi connectivity index (χ2v) is 5.82. The summed E-state index contributed by atoms with van der Waals surface area (Å²) in [6.45, 7) is 6.86. The van der Waals surface area contributed by atoms with Gasteiger partial charge in [0.25, 0.3) is 0 Å². The third-order valence-electron chi connectivity index (χ3n) is 3.17. The maximum Gasteiger partial charge on any atom is 0.0676 e. The second-order valence-electron chi connectivity index (χ2n) is 5.01. The van der Waals surface area contributed by atoms with Crippen LogP contribution in [0.1, 0.15) is 45.7 Å². The zero-order valence-electron chi connectivity index (χ0n) is 10.3. The van der Waals surface area contributed by atoms with Crippen molar-refractivity contribution in [2.24, 2.45) is 0 Å². The second kappa shape index (κ2) is 4.54. The van der Waals surface area contributed by atoms with E-state index in [2.05, 4.69) is 49.4 Å². The lowest BCUT2D eigenvalue weighted by atomic mass is 9.82. The first-order valence-corrected chi connectivity index (χ1v) is 6.77. The Bertz CT molecular complexity index is 470. The Balaban J connectivity index is 2.38. The van der Waals surface area contributed by atoms with Gasteiger partial charge >= 0.3 is 0 Å². The predicted molar refractivity (Wildman–Crippen MR) is 72.2 cm³/mol. The summed E-state index contributed by atoms with van der Waals surface area (Å²) in [5, 5.41) is 1.34. The van der Waals surface area contributed by atoms with Gasteiger partial charge in [-0.2, -0.15) is 4.37 Å². The smallest absolute Gasteiger partial charge is 0.0676 e. The number of unbranched alkanes of at least 4 members (excludes halogenated alkanes) is 1. The van der Waals surface area contributed by atoms with Gasteiger partial charge in [0.05, 0.1) is 10.4 Å². The van der Waals surface area contributed by atoms with Gasteiger partial charge in [-0.15, -0.1) is 0 Å². The molecule has 0 aliphatic heterocycles. The predicted octanol–water partition coefficient (Wildman–Crippen LogP) is 4.76. The topological polar surface area (TPSA) is 12.9 Å². The van der Waals surface area contributed by atoms with Crippen LogP contribution in [0.15, 0.2) is 24.3 Å². The van der Waals surface area contributed by atoms with Crippen LogP contribution < -0.4 is 0 Å². The molecule has 16 heavy (non-hydrogen) atoms. The van der Waals surface area contributed by atoms with E-state index in [4.69, 9.17) is 0 Å². The van der Waals surface area contributed by atoms with E-state index in [0.717, 1.165) is 0 Å². The van der Waals surface area contributed by atoms with Crippen LogP contribution in [-0.2, 0) is 5.41 Å². The molecule has 86 valence electrons. The third-order valence-corrected chi connectivity index (χ3v) is 4.00. The number of aromatic nitrogens is 1. The van der Waals surface area contributed by atoms with Crippen molar-refractivity contribution in [3.05, 3.63) is 30.0 Å². The highest BCUT2D eigenvalue weighted by Crippen LogP contribution is 2.35. The molecule has 0 radical (unpaired) electrons. The van der Waals surface area contributed by atoms with Gasteiger partial charge in [0, 0.05) is 10.8 Å². The first kappa shape index (κ1) is 11.6. The van der Waals surface area contributed by atoms with Crippen LogP contribution in [0.5, 0.6) is 0 Å². The molecule has 0 bridgehead atoms. The quantitative estimate of drug-likeness (QED) is 0.741. The molecule has 1 nitrogen and oxygen atoms in total. The van der Waals surface area contributed by atoms with Crippen LogP contribution in [0.25, 0.3) is 10.1 Å². The molecule has 1 aromatic carbocycles. The van der Waals surface area contributed by atoms with Crippen LogP contribution >= 0.6 is 11.5 Å². The summed E-state index contributed by atoms with van der Waals surface area (Å²) in [5.41, 5.74) is 1.48. The highest BCUT2D eigenvalue weighted by atomic mass is 32.1. The van der Waals surface area contributed by atoms with Crippen molar-refractivity contribution in [3.63, 3.8) is 0 Å². The lowest BCUT2D eigenvalue weighted by molar-refractivity contribution is 0.453. The van der Waals surface area contributed by atoms with Gasteiger partial charge in [0.1, 0.15) is 0 Å². The number of nitrogens with zero attached hydrogens (tertiary/aromatic N) is 1. The van der Waals surface area contributed by atoms with Crippen LogP contribution in [-0.4, -0.2) is 4.37 Å². The van der Waals surface area contributed by atoms with Crippen molar-refractivity contribution >= 4 is 21.6 Å². The van der Waals surface area contributed by atoms with Crippen molar-refractivity contribution in [1.29, 1.82) is 0 Å². The molecule has 0 aliphatic rings. The summed E-state index contributed by atoms with van der Waals surface area (Å²) in [5.74, 6) is 0. The van der Waals surface area contributed by atoms with E-state index in [1.165, 1.54) is 35.0 Å². The van der Waals surface area contributed by atoms with E-state index in [1.54, 1.807) is 11.5 Å². The Labute approximate surface area is 102 Å². The molecular formula is C14H19NS. The molecule has 0 spiro atoms. The zero-order chi connectivity index (χ0) is 11.6. The molecule has 2 heteroatoms. The van der Waals surface area contributed by atoms with Gasteiger partial charge in [-0.25, -0.2) is 0 Å². The normalized spacial score (nSPS) is 12.2. The van der Waals surface area contributed by atoms with Gasteiger partial charge in [0.2, 0.25) is 0 Å². The SMILES string of the molecule is CCCCC(C)(C)c1nsc2ccccc12. The summed E-state index contributed by atoms with van der Waals surface area (Å²) in [6, 6.07) is 8.55. The Morgan fingerprint density at radius 2 is 2.00 bits per heavy atom. The molecule has 0 aliphatic carbocycles. The largest absolute Gasteiger partial charge is 0.196 e. The van der Waals surface area contributed by atoms with Gasteiger partial charge in [0.15, 0.2) is 0 Å². The van der Waals surface area contributed by atoms with Gasteiger partial charge in [-0.1, -0.05) is 51.8 Å². The minimum atomic E-state index is 0.204. The fourth-order valence-electron chi connectivity index (χ4n) is 2.11. The first-order chi connectivity index (χ1) is 7.65. The number of hydrogen-bond acceptors (Lipinski definition) is 2. The molecular weight excluding hydrogens is 214 g/mol.